The molecule has 18 heavy (non-hydrogen) atoms. The molecule has 0 heterocycles. The molecule has 4 nitrogen and oxygen atoms in total. The maximum absolute atomic E-state index is 11.9. The van der Waals surface area contributed by atoms with E-state index in [1.54, 1.807) is 19.1 Å². The zero-order valence-electron chi connectivity index (χ0n) is 11.0. The lowest BCUT2D eigenvalue weighted by atomic mass is 9.98. The highest BCUT2D eigenvalue weighted by atomic mass is 16.2. The Balaban J connectivity index is 2.51. The molecule has 0 spiro atoms. The minimum atomic E-state index is -0.717. The van der Waals surface area contributed by atoms with Crippen LogP contribution in [0.25, 0.3) is 0 Å². The van der Waals surface area contributed by atoms with Crippen LogP contribution in [0.15, 0.2) is 25.3 Å². The van der Waals surface area contributed by atoms with Crippen molar-refractivity contribution in [2.24, 2.45) is 5.92 Å². The van der Waals surface area contributed by atoms with E-state index in [9.17, 15) is 10.1 Å². The first-order valence-corrected chi connectivity index (χ1v) is 6.22. The highest BCUT2D eigenvalue weighted by molar-refractivity contribution is 5.79. The molecule has 1 N–H and O–H groups in total. The van der Waals surface area contributed by atoms with E-state index < -0.39 is 5.54 Å². The van der Waals surface area contributed by atoms with Gasteiger partial charge in [-0.25, -0.2) is 0 Å². The summed E-state index contributed by atoms with van der Waals surface area (Å²) in [6.45, 7) is 10.6. The van der Waals surface area contributed by atoms with Gasteiger partial charge in [-0.15, -0.1) is 13.2 Å². The molecule has 0 aromatic carbocycles. The molecule has 1 fully saturated rings. The van der Waals surface area contributed by atoms with Crippen molar-refractivity contribution in [3.05, 3.63) is 25.3 Å². The summed E-state index contributed by atoms with van der Waals surface area (Å²) < 4.78 is 0. The third kappa shape index (κ3) is 4.01. The molecule has 0 aromatic heterocycles. The van der Waals surface area contributed by atoms with Crippen LogP contribution in [-0.2, 0) is 4.79 Å². The highest BCUT2D eigenvalue weighted by Gasteiger charge is 2.43. The lowest BCUT2D eigenvalue weighted by molar-refractivity contribution is -0.123. The lowest BCUT2D eigenvalue weighted by Crippen LogP contribution is -2.50. The van der Waals surface area contributed by atoms with Gasteiger partial charge in [0.15, 0.2) is 0 Å². The summed E-state index contributed by atoms with van der Waals surface area (Å²) in [6.07, 6.45) is 5.54. The number of nitrogens with zero attached hydrogens (tertiary/aromatic N) is 2. The molecular weight excluding hydrogens is 226 g/mol. The maximum Gasteiger partial charge on any atom is 0.235 e. The van der Waals surface area contributed by atoms with E-state index in [0.29, 0.717) is 19.0 Å². The summed E-state index contributed by atoms with van der Waals surface area (Å²) in [5, 5.41) is 12.0. The molecule has 0 saturated heterocycles. The van der Waals surface area contributed by atoms with E-state index in [-0.39, 0.29) is 12.5 Å². The van der Waals surface area contributed by atoms with Gasteiger partial charge in [-0.2, -0.15) is 5.26 Å². The fourth-order valence-corrected chi connectivity index (χ4v) is 1.98. The Bertz CT molecular complexity index is 358. The zero-order valence-corrected chi connectivity index (χ0v) is 11.0. The van der Waals surface area contributed by atoms with E-state index in [1.807, 2.05) is 4.90 Å². The smallest absolute Gasteiger partial charge is 0.235 e. The summed E-state index contributed by atoms with van der Waals surface area (Å²) >= 11 is 0. The van der Waals surface area contributed by atoms with Crippen LogP contribution in [0.2, 0.25) is 0 Å². The monoisotopic (exact) mass is 247 g/mol. The molecule has 4 heteroatoms. The summed E-state index contributed by atoms with van der Waals surface area (Å²) in [4.78, 5) is 13.9. The van der Waals surface area contributed by atoms with Gasteiger partial charge in [0.25, 0.3) is 0 Å². The van der Waals surface area contributed by atoms with E-state index in [4.69, 9.17) is 0 Å². The predicted octanol–water partition coefficient (Wildman–Crippen LogP) is 1.47. The molecule has 98 valence electrons. The average molecular weight is 247 g/mol. The van der Waals surface area contributed by atoms with E-state index in [2.05, 4.69) is 24.5 Å². The van der Waals surface area contributed by atoms with Crippen molar-refractivity contribution >= 4 is 5.91 Å². The molecule has 0 bridgehead atoms. The molecule has 1 amide bonds. The first kappa shape index (κ1) is 14.5. The highest BCUT2D eigenvalue weighted by Crippen LogP contribution is 2.39. The maximum atomic E-state index is 11.9. The van der Waals surface area contributed by atoms with Crippen molar-refractivity contribution in [1.82, 2.24) is 10.2 Å². The van der Waals surface area contributed by atoms with Crippen LogP contribution in [0.1, 0.15) is 19.8 Å². The number of nitriles is 1. The Kier molecular flexibility index (Phi) is 5.11. The van der Waals surface area contributed by atoms with Crippen LogP contribution in [0.5, 0.6) is 0 Å². The number of hydrogen-bond acceptors (Lipinski definition) is 3. The van der Waals surface area contributed by atoms with Crippen molar-refractivity contribution in [2.45, 2.75) is 25.3 Å². The van der Waals surface area contributed by atoms with Gasteiger partial charge in [-0.3, -0.25) is 9.69 Å². The predicted molar refractivity (Wildman–Crippen MR) is 71.7 cm³/mol. The second-order valence-corrected chi connectivity index (χ2v) is 4.91. The molecule has 0 aliphatic heterocycles. The van der Waals surface area contributed by atoms with Crippen LogP contribution < -0.4 is 5.32 Å². The second kappa shape index (κ2) is 6.36. The van der Waals surface area contributed by atoms with Gasteiger partial charge >= 0.3 is 0 Å². The summed E-state index contributed by atoms with van der Waals surface area (Å²) in [7, 11) is 0. The summed E-state index contributed by atoms with van der Waals surface area (Å²) in [5.74, 6) is 0.188. The fraction of sp³-hybridized carbons (Fsp3) is 0.571. The van der Waals surface area contributed by atoms with Gasteiger partial charge in [0, 0.05) is 13.1 Å². The first-order chi connectivity index (χ1) is 8.55. The molecule has 1 rings (SSSR count). The van der Waals surface area contributed by atoms with E-state index >= 15 is 0 Å². The topological polar surface area (TPSA) is 56.1 Å². The van der Waals surface area contributed by atoms with E-state index in [0.717, 1.165) is 12.8 Å². The van der Waals surface area contributed by atoms with Crippen molar-refractivity contribution < 1.29 is 4.79 Å². The van der Waals surface area contributed by atoms with Gasteiger partial charge in [0.05, 0.1) is 12.6 Å². The molecule has 1 aliphatic carbocycles. The summed E-state index contributed by atoms with van der Waals surface area (Å²) in [6, 6.07) is 2.22. The third-order valence-electron chi connectivity index (χ3n) is 3.17. The average Bonchev–Trinajstić information content (AvgIpc) is 3.13. The quantitative estimate of drug-likeness (QED) is 0.661. The molecule has 1 aliphatic rings. The Morgan fingerprint density at radius 3 is 2.44 bits per heavy atom. The number of hydrogen-bond donors (Lipinski definition) is 1. The van der Waals surface area contributed by atoms with Gasteiger partial charge in [-0.1, -0.05) is 12.2 Å². The van der Waals surface area contributed by atoms with Crippen LogP contribution >= 0.6 is 0 Å². The second-order valence-electron chi connectivity index (χ2n) is 4.91. The lowest BCUT2D eigenvalue weighted by Gasteiger charge is -2.25. The summed E-state index contributed by atoms with van der Waals surface area (Å²) in [5.41, 5.74) is -0.717. The van der Waals surface area contributed by atoms with Crippen molar-refractivity contribution in [3.8, 4) is 6.07 Å². The number of carbonyl (C=O) groups excluding carboxylic acids is 1. The molecule has 1 atom stereocenters. The third-order valence-corrected chi connectivity index (χ3v) is 3.17. The first-order valence-electron chi connectivity index (χ1n) is 6.22. The number of carbonyl (C=O) groups is 1. The van der Waals surface area contributed by atoms with Crippen LogP contribution in [0.4, 0.5) is 0 Å². The normalized spacial score (nSPS) is 17.6. The number of nitrogens with one attached hydrogen (secondary N) is 1. The Hall–Kier alpha value is -1.60. The van der Waals surface area contributed by atoms with Crippen molar-refractivity contribution in [1.29, 1.82) is 5.26 Å². The van der Waals surface area contributed by atoms with Crippen molar-refractivity contribution in [2.75, 3.05) is 19.6 Å². The van der Waals surface area contributed by atoms with Gasteiger partial charge < -0.3 is 5.32 Å². The fourth-order valence-electron chi connectivity index (χ4n) is 1.98. The van der Waals surface area contributed by atoms with Gasteiger partial charge in [0.1, 0.15) is 5.54 Å². The minimum absolute atomic E-state index is 0.116. The van der Waals surface area contributed by atoms with Crippen LogP contribution in [-0.4, -0.2) is 36.0 Å². The SMILES string of the molecule is C=CCN(CC=C)CC(=O)NC(C)(C#N)C1CC1. The van der Waals surface area contributed by atoms with Crippen molar-refractivity contribution in [3.63, 3.8) is 0 Å². The van der Waals surface area contributed by atoms with Crippen LogP contribution in [0.3, 0.4) is 0 Å². The standard InChI is InChI=1S/C14H21N3O/c1-4-8-17(9-5-2)10-13(18)16-14(3,11-15)12-6-7-12/h4-5,12H,1-2,6-10H2,3H3,(H,16,18). The minimum Gasteiger partial charge on any atom is -0.337 e. The Morgan fingerprint density at radius 1 is 1.50 bits per heavy atom. The molecular formula is C14H21N3O. The Labute approximate surface area is 109 Å². The molecule has 1 saturated carbocycles. The van der Waals surface area contributed by atoms with Gasteiger partial charge in [-0.05, 0) is 25.7 Å². The van der Waals surface area contributed by atoms with Gasteiger partial charge in [0.2, 0.25) is 5.91 Å². The number of amides is 1. The number of rotatable bonds is 8. The Morgan fingerprint density at radius 2 is 2.06 bits per heavy atom. The zero-order chi connectivity index (χ0) is 13.6. The van der Waals surface area contributed by atoms with Crippen LogP contribution in [0, 0.1) is 17.2 Å². The molecule has 1 unspecified atom stereocenters. The molecule has 0 aromatic rings. The largest absolute Gasteiger partial charge is 0.337 e. The van der Waals surface area contributed by atoms with E-state index in [1.165, 1.54) is 0 Å². The molecule has 0 radical (unpaired) electrons.